The van der Waals surface area contributed by atoms with Gasteiger partial charge >= 0.3 is 5.97 Å². The number of amides is 2. The van der Waals surface area contributed by atoms with Gasteiger partial charge in [0.05, 0.1) is 35.8 Å². The standard InChI is InChI=1S/C21H33BrN2O5S/c1-6-29-20(28)14-15-19(27)24(12(9-25)7-10(2)3)17(18(26)23-11(4)5)21(15)8-13(22)16(14)30-21/h10-17,25H,6-9H2,1-5H3,(H,23,26)/t12-,13?,14-,15+,16-,17?,21?/m1/s1. The first-order valence-electron chi connectivity index (χ1n) is 10.8. The summed E-state index contributed by atoms with van der Waals surface area (Å²) >= 11 is 5.29. The van der Waals surface area contributed by atoms with E-state index in [-0.39, 0.29) is 53.0 Å². The molecule has 7 atom stereocenters. The van der Waals surface area contributed by atoms with Crippen molar-refractivity contribution in [2.24, 2.45) is 17.8 Å². The minimum absolute atomic E-state index is 0.0212. The molecule has 3 rings (SSSR count). The molecule has 2 bridgehead atoms. The van der Waals surface area contributed by atoms with Crippen LogP contribution >= 0.6 is 27.7 Å². The molecule has 2 amide bonds. The third kappa shape index (κ3) is 3.79. The smallest absolute Gasteiger partial charge is 0.310 e. The molecule has 0 radical (unpaired) electrons. The Morgan fingerprint density at radius 1 is 1.37 bits per heavy atom. The van der Waals surface area contributed by atoms with Gasteiger partial charge in [0.1, 0.15) is 6.04 Å². The van der Waals surface area contributed by atoms with Crippen LogP contribution in [0.5, 0.6) is 0 Å². The Morgan fingerprint density at radius 3 is 2.57 bits per heavy atom. The van der Waals surface area contributed by atoms with Crippen molar-refractivity contribution in [2.45, 2.75) is 80.4 Å². The maximum absolute atomic E-state index is 13.8. The fraction of sp³-hybridized carbons (Fsp3) is 0.857. The highest BCUT2D eigenvalue weighted by Gasteiger charge is 2.76. The molecule has 3 saturated heterocycles. The molecule has 0 saturated carbocycles. The van der Waals surface area contributed by atoms with E-state index < -0.39 is 28.7 Å². The molecule has 0 aliphatic carbocycles. The van der Waals surface area contributed by atoms with Crippen LogP contribution in [-0.2, 0) is 19.1 Å². The number of hydrogen-bond acceptors (Lipinski definition) is 6. The zero-order valence-electron chi connectivity index (χ0n) is 18.3. The number of rotatable bonds is 8. The first kappa shape index (κ1) is 23.9. The van der Waals surface area contributed by atoms with Crippen LogP contribution in [0, 0.1) is 17.8 Å². The third-order valence-electron chi connectivity index (χ3n) is 6.31. The summed E-state index contributed by atoms with van der Waals surface area (Å²) in [6.07, 6.45) is 1.22. The number of carbonyl (C=O) groups excluding carboxylic acids is 3. The van der Waals surface area contributed by atoms with Crippen molar-refractivity contribution in [3.05, 3.63) is 0 Å². The van der Waals surface area contributed by atoms with Crippen molar-refractivity contribution in [2.75, 3.05) is 13.2 Å². The fourth-order valence-corrected chi connectivity index (χ4v) is 9.04. The fourth-order valence-electron chi connectivity index (χ4n) is 5.45. The summed E-state index contributed by atoms with van der Waals surface area (Å²) < 4.78 is 4.64. The van der Waals surface area contributed by atoms with Crippen molar-refractivity contribution in [1.82, 2.24) is 10.2 Å². The Balaban J connectivity index is 2.08. The number of nitrogens with zero attached hydrogens (tertiary/aromatic N) is 1. The van der Waals surface area contributed by atoms with Crippen molar-refractivity contribution in [3.63, 3.8) is 0 Å². The second-order valence-electron chi connectivity index (χ2n) is 9.29. The first-order chi connectivity index (χ1) is 14.1. The molecular formula is C21H33BrN2O5S. The summed E-state index contributed by atoms with van der Waals surface area (Å²) in [6, 6.07) is -1.26. The second kappa shape index (κ2) is 8.98. The Hall–Kier alpha value is -0.800. The van der Waals surface area contributed by atoms with E-state index in [1.54, 1.807) is 23.6 Å². The molecule has 0 aromatic rings. The molecule has 0 aromatic carbocycles. The van der Waals surface area contributed by atoms with Crippen LogP contribution in [-0.4, -0.2) is 74.0 Å². The lowest BCUT2D eigenvalue weighted by atomic mass is 9.71. The van der Waals surface area contributed by atoms with Crippen LogP contribution in [0.4, 0.5) is 0 Å². The number of likely N-dealkylation sites (tertiary alicyclic amines) is 1. The zero-order chi connectivity index (χ0) is 22.4. The lowest BCUT2D eigenvalue weighted by Crippen LogP contribution is -2.58. The number of fused-ring (bicyclic) bond motifs is 1. The minimum Gasteiger partial charge on any atom is -0.466 e. The van der Waals surface area contributed by atoms with Crippen LogP contribution in [0.2, 0.25) is 0 Å². The number of aliphatic hydroxyl groups excluding tert-OH is 1. The van der Waals surface area contributed by atoms with Crippen LogP contribution in [0.1, 0.15) is 47.5 Å². The van der Waals surface area contributed by atoms with Gasteiger partial charge in [0.15, 0.2) is 0 Å². The molecule has 3 unspecified atom stereocenters. The Kier molecular flexibility index (Phi) is 7.14. The van der Waals surface area contributed by atoms with Crippen LogP contribution in [0.15, 0.2) is 0 Å². The predicted octanol–water partition coefficient (Wildman–Crippen LogP) is 1.95. The molecule has 170 valence electrons. The van der Waals surface area contributed by atoms with E-state index in [1.165, 1.54) is 0 Å². The van der Waals surface area contributed by atoms with Gasteiger partial charge in [-0.25, -0.2) is 0 Å². The van der Waals surface area contributed by atoms with Gasteiger partial charge in [0.2, 0.25) is 11.8 Å². The van der Waals surface area contributed by atoms with Crippen molar-refractivity contribution < 1.29 is 24.2 Å². The number of carbonyl (C=O) groups is 3. The van der Waals surface area contributed by atoms with E-state index >= 15 is 0 Å². The van der Waals surface area contributed by atoms with Gasteiger partial charge in [-0.15, -0.1) is 11.8 Å². The molecule has 3 aliphatic heterocycles. The molecule has 3 fully saturated rings. The number of ether oxygens (including phenoxy) is 1. The molecular weight excluding hydrogens is 472 g/mol. The Labute approximate surface area is 191 Å². The Morgan fingerprint density at radius 2 is 2.03 bits per heavy atom. The van der Waals surface area contributed by atoms with E-state index in [0.29, 0.717) is 12.8 Å². The van der Waals surface area contributed by atoms with Gasteiger partial charge in [-0.05, 0) is 39.5 Å². The summed E-state index contributed by atoms with van der Waals surface area (Å²) in [5.41, 5.74) is 0. The van der Waals surface area contributed by atoms with Gasteiger partial charge in [-0.1, -0.05) is 29.8 Å². The van der Waals surface area contributed by atoms with Crippen molar-refractivity contribution in [1.29, 1.82) is 0 Å². The minimum atomic E-state index is -0.720. The normalized spacial score (nSPS) is 35.8. The molecule has 1 spiro atoms. The number of thioether (sulfide) groups is 1. The van der Waals surface area contributed by atoms with Gasteiger partial charge in [-0.3, -0.25) is 14.4 Å². The molecule has 30 heavy (non-hydrogen) atoms. The molecule has 3 heterocycles. The summed E-state index contributed by atoms with van der Waals surface area (Å²) in [7, 11) is 0. The number of halogens is 1. The van der Waals surface area contributed by atoms with Crippen molar-refractivity contribution in [3.8, 4) is 0 Å². The van der Waals surface area contributed by atoms with E-state index in [4.69, 9.17) is 4.74 Å². The van der Waals surface area contributed by atoms with Gasteiger partial charge < -0.3 is 20.1 Å². The number of alkyl halides is 1. The predicted molar refractivity (Wildman–Crippen MR) is 119 cm³/mol. The van der Waals surface area contributed by atoms with Crippen molar-refractivity contribution >= 4 is 45.5 Å². The van der Waals surface area contributed by atoms with E-state index in [1.807, 2.05) is 27.7 Å². The highest BCUT2D eigenvalue weighted by molar-refractivity contribution is 9.09. The molecule has 9 heteroatoms. The largest absolute Gasteiger partial charge is 0.466 e. The topological polar surface area (TPSA) is 95.9 Å². The zero-order valence-corrected chi connectivity index (χ0v) is 20.7. The molecule has 0 aromatic heterocycles. The SMILES string of the molecule is CCOC(=O)[C@H]1[C@@H]2SC3(CC2Br)C(C(=O)NC(C)C)N([C@@H](CO)CC(C)C)C(=O)[C@H]13. The third-order valence-corrected chi connectivity index (χ3v) is 9.53. The maximum Gasteiger partial charge on any atom is 0.310 e. The Bertz CT molecular complexity index is 705. The lowest BCUT2D eigenvalue weighted by Gasteiger charge is -2.38. The van der Waals surface area contributed by atoms with E-state index in [2.05, 4.69) is 21.2 Å². The maximum atomic E-state index is 13.8. The van der Waals surface area contributed by atoms with Gasteiger partial charge in [0, 0.05) is 16.1 Å². The highest BCUT2D eigenvalue weighted by atomic mass is 79.9. The van der Waals surface area contributed by atoms with E-state index in [0.717, 1.165) is 0 Å². The number of nitrogens with one attached hydrogen (secondary N) is 1. The molecule has 7 nitrogen and oxygen atoms in total. The van der Waals surface area contributed by atoms with Crippen LogP contribution in [0.25, 0.3) is 0 Å². The number of hydrogen-bond donors (Lipinski definition) is 2. The molecule has 2 N–H and O–H groups in total. The average molecular weight is 505 g/mol. The average Bonchev–Trinajstić information content (AvgIpc) is 3.22. The van der Waals surface area contributed by atoms with Crippen LogP contribution in [0.3, 0.4) is 0 Å². The summed E-state index contributed by atoms with van der Waals surface area (Å²) in [4.78, 5) is 41.7. The van der Waals surface area contributed by atoms with Gasteiger partial charge in [-0.2, -0.15) is 0 Å². The number of aliphatic hydroxyl groups is 1. The summed E-state index contributed by atoms with van der Waals surface area (Å²) in [5, 5.41) is 13.0. The quantitative estimate of drug-likeness (QED) is 0.387. The van der Waals surface area contributed by atoms with Gasteiger partial charge in [0.25, 0.3) is 0 Å². The lowest BCUT2D eigenvalue weighted by molar-refractivity contribution is -0.154. The van der Waals surface area contributed by atoms with Crippen LogP contribution < -0.4 is 5.32 Å². The highest BCUT2D eigenvalue weighted by Crippen LogP contribution is 2.68. The second-order valence-corrected chi connectivity index (χ2v) is 12.0. The monoisotopic (exact) mass is 504 g/mol. The summed E-state index contributed by atoms with van der Waals surface area (Å²) in [5.74, 6) is -1.72. The van der Waals surface area contributed by atoms with E-state index in [9.17, 15) is 19.5 Å². The number of esters is 1. The first-order valence-corrected chi connectivity index (χ1v) is 12.6. The summed E-state index contributed by atoms with van der Waals surface area (Å²) in [6.45, 7) is 9.63. The molecule has 3 aliphatic rings.